The molecule has 2 heterocycles. The van der Waals surface area contributed by atoms with Gasteiger partial charge in [0.2, 0.25) is 0 Å². The summed E-state index contributed by atoms with van der Waals surface area (Å²) in [6, 6.07) is 20.9. The Morgan fingerprint density at radius 3 is 2.56 bits per heavy atom. The number of rotatable bonds is 7. The summed E-state index contributed by atoms with van der Waals surface area (Å²) in [4.78, 5) is 16.4. The Labute approximate surface area is 194 Å². The van der Waals surface area contributed by atoms with Crippen LogP contribution in [0, 0.1) is 0 Å². The number of amides is 1. The molecule has 0 atom stereocenters. The molecule has 0 saturated carbocycles. The summed E-state index contributed by atoms with van der Waals surface area (Å²) < 4.78 is 1.91. The highest BCUT2D eigenvalue weighted by Crippen LogP contribution is 2.28. The van der Waals surface area contributed by atoms with Gasteiger partial charge >= 0.3 is 0 Å². The standard InChI is InChI=1S/C23H19ClN6OS/c1-16(18-8-5-13-25-14-18)26-27-21(31)15-32-23-29-28-22(17-6-3-2-4-7-17)30(23)20-11-9-19(24)10-12-20/h2-14H,15H2,1H3,(H,27,31)/b26-16-. The van der Waals surface area contributed by atoms with Crippen molar-refractivity contribution in [2.75, 3.05) is 5.75 Å². The van der Waals surface area contributed by atoms with Gasteiger partial charge in [0, 0.05) is 34.2 Å². The van der Waals surface area contributed by atoms with Gasteiger partial charge in [0.1, 0.15) is 0 Å². The van der Waals surface area contributed by atoms with Crippen LogP contribution in [-0.4, -0.2) is 37.1 Å². The van der Waals surface area contributed by atoms with Gasteiger partial charge in [-0.1, -0.05) is 59.8 Å². The number of hydrogen-bond acceptors (Lipinski definition) is 6. The van der Waals surface area contributed by atoms with E-state index < -0.39 is 0 Å². The minimum absolute atomic E-state index is 0.129. The van der Waals surface area contributed by atoms with Crippen molar-refractivity contribution in [2.24, 2.45) is 5.10 Å². The molecular weight excluding hydrogens is 444 g/mol. The third-order valence-corrected chi connectivity index (χ3v) is 5.69. The van der Waals surface area contributed by atoms with Crippen molar-refractivity contribution in [1.82, 2.24) is 25.2 Å². The Morgan fingerprint density at radius 1 is 1.06 bits per heavy atom. The Balaban J connectivity index is 1.53. The van der Waals surface area contributed by atoms with Crippen molar-refractivity contribution in [1.29, 1.82) is 0 Å². The summed E-state index contributed by atoms with van der Waals surface area (Å²) in [6.45, 7) is 1.81. The fourth-order valence-corrected chi connectivity index (χ4v) is 3.78. The molecular formula is C23H19ClN6OS. The number of aromatic nitrogens is 4. The van der Waals surface area contributed by atoms with E-state index in [4.69, 9.17) is 11.6 Å². The molecule has 0 spiro atoms. The van der Waals surface area contributed by atoms with Crippen molar-refractivity contribution in [2.45, 2.75) is 12.1 Å². The quantitative estimate of drug-likeness (QED) is 0.246. The summed E-state index contributed by atoms with van der Waals surface area (Å²) in [5.74, 6) is 0.566. The largest absolute Gasteiger partial charge is 0.272 e. The first-order valence-electron chi connectivity index (χ1n) is 9.75. The van der Waals surface area contributed by atoms with Crippen molar-refractivity contribution in [3.05, 3.63) is 89.7 Å². The highest BCUT2D eigenvalue weighted by Gasteiger charge is 2.17. The van der Waals surface area contributed by atoms with Crippen LogP contribution in [0.5, 0.6) is 0 Å². The third kappa shape index (κ3) is 5.22. The maximum atomic E-state index is 12.4. The van der Waals surface area contributed by atoms with Crippen LogP contribution in [0.2, 0.25) is 5.02 Å². The highest BCUT2D eigenvalue weighted by atomic mass is 35.5. The third-order valence-electron chi connectivity index (χ3n) is 4.51. The number of carbonyl (C=O) groups excluding carboxylic acids is 1. The number of nitrogens with one attached hydrogen (secondary N) is 1. The van der Waals surface area contributed by atoms with E-state index in [1.165, 1.54) is 11.8 Å². The van der Waals surface area contributed by atoms with Gasteiger partial charge in [-0.2, -0.15) is 5.10 Å². The molecule has 0 radical (unpaired) electrons. The predicted molar refractivity (Wildman–Crippen MR) is 127 cm³/mol. The van der Waals surface area contributed by atoms with Crippen molar-refractivity contribution < 1.29 is 4.79 Å². The Kier molecular flexibility index (Phi) is 6.94. The summed E-state index contributed by atoms with van der Waals surface area (Å²) in [5, 5.41) is 14.1. The van der Waals surface area contributed by atoms with Crippen LogP contribution in [-0.2, 0) is 4.79 Å². The van der Waals surface area contributed by atoms with Crippen LogP contribution >= 0.6 is 23.4 Å². The molecule has 0 unspecified atom stereocenters. The molecule has 4 rings (SSSR count). The molecule has 2 aromatic carbocycles. The van der Waals surface area contributed by atoms with E-state index in [1.807, 2.05) is 78.2 Å². The Bertz CT molecular complexity index is 1230. The van der Waals surface area contributed by atoms with Crippen LogP contribution < -0.4 is 5.43 Å². The molecule has 0 fully saturated rings. The molecule has 2 aromatic heterocycles. The first-order valence-corrected chi connectivity index (χ1v) is 11.1. The van der Waals surface area contributed by atoms with E-state index in [9.17, 15) is 4.79 Å². The van der Waals surface area contributed by atoms with Crippen molar-refractivity contribution >= 4 is 35.0 Å². The zero-order valence-electron chi connectivity index (χ0n) is 17.1. The monoisotopic (exact) mass is 462 g/mol. The van der Waals surface area contributed by atoms with Gasteiger partial charge in [0.05, 0.1) is 11.5 Å². The lowest BCUT2D eigenvalue weighted by atomic mass is 10.2. The second kappa shape index (κ2) is 10.2. The summed E-state index contributed by atoms with van der Waals surface area (Å²) in [6.07, 6.45) is 3.38. The molecule has 7 nitrogen and oxygen atoms in total. The number of hydrazone groups is 1. The lowest BCUT2D eigenvalue weighted by molar-refractivity contribution is -0.118. The van der Waals surface area contributed by atoms with E-state index in [0.29, 0.717) is 21.7 Å². The lowest BCUT2D eigenvalue weighted by Gasteiger charge is -2.10. The average molecular weight is 463 g/mol. The van der Waals surface area contributed by atoms with Crippen molar-refractivity contribution in [3.8, 4) is 17.1 Å². The van der Waals surface area contributed by atoms with Gasteiger partial charge in [0.25, 0.3) is 5.91 Å². The van der Waals surface area contributed by atoms with Gasteiger partial charge < -0.3 is 0 Å². The molecule has 0 aliphatic rings. The number of pyridine rings is 1. The smallest absolute Gasteiger partial charge is 0.250 e. The van der Waals surface area contributed by atoms with Crippen LogP contribution in [0.1, 0.15) is 12.5 Å². The Morgan fingerprint density at radius 2 is 1.84 bits per heavy atom. The minimum Gasteiger partial charge on any atom is -0.272 e. The van der Waals surface area contributed by atoms with E-state index in [0.717, 1.165) is 16.8 Å². The van der Waals surface area contributed by atoms with E-state index in [2.05, 4.69) is 25.7 Å². The normalized spacial score (nSPS) is 11.4. The molecule has 0 bridgehead atoms. The SMILES string of the molecule is C/C(=N/NC(=O)CSc1nnc(-c2ccccc2)n1-c1ccc(Cl)cc1)c1cccnc1. The molecule has 0 aliphatic carbocycles. The van der Waals surface area contributed by atoms with Gasteiger partial charge in [-0.3, -0.25) is 14.3 Å². The number of benzene rings is 2. The maximum Gasteiger partial charge on any atom is 0.250 e. The van der Waals surface area contributed by atoms with Gasteiger partial charge in [0.15, 0.2) is 11.0 Å². The molecule has 9 heteroatoms. The summed E-state index contributed by atoms with van der Waals surface area (Å²) in [5.41, 5.74) is 5.87. The predicted octanol–water partition coefficient (Wildman–Crippen LogP) is 4.62. The zero-order valence-corrected chi connectivity index (χ0v) is 18.7. The van der Waals surface area contributed by atoms with E-state index >= 15 is 0 Å². The topological polar surface area (TPSA) is 85.1 Å². The van der Waals surface area contributed by atoms with Crippen LogP contribution in [0.4, 0.5) is 0 Å². The van der Waals surface area contributed by atoms with Crippen LogP contribution in [0.15, 0.2) is 89.4 Å². The van der Waals surface area contributed by atoms with E-state index in [1.54, 1.807) is 12.4 Å². The maximum absolute atomic E-state index is 12.4. The molecule has 160 valence electrons. The number of carbonyl (C=O) groups is 1. The van der Waals surface area contributed by atoms with Gasteiger partial charge in [-0.15, -0.1) is 10.2 Å². The number of thioether (sulfide) groups is 1. The van der Waals surface area contributed by atoms with E-state index in [-0.39, 0.29) is 11.7 Å². The molecule has 1 N–H and O–H groups in total. The van der Waals surface area contributed by atoms with Crippen LogP contribution in [0.3, 0.4) is 0 Å². The summed E-state index contributed by atoms with van der Waals surface area (Å²) in [7, 11) is 0. The molecule has 32 heavy (non-hydrogen) atoms. The highest BCUT2D eigenvalue weighted by molar-refractivity contribution is 7.99. The average Bonchev–Trinajstić information content (AvgIpc) is 3.27. The minimum atomic E-state index is -0.245. The lowest BCUT2D eigenvalue weighted by Crippen LogP contribution is -2.21. The number of halogens is 1. The second-order valence-electron chi connectivity index (χ2n) is 6.75. The van der Waals surface area contributed by atoms with Gasteiger partial charge in [-0.05, 0) is 37.3 Å². The number of hydrogen-bond donors (Lipinski definition) is 1. The molecule has 4 aromatic rings. The van der Waals surface area contributed by atoms with Crippen molar-refractivity contribution in [3.63, 3.8) is 0 Å². The Hall–Kier alpha value is -3.49. The number of nitrogens with zero attached hydrogens (tertiary/aromatic N) is 5. The fourth-order valence-electron chi connectivity index (χ4n) is 2.91. The second-order valence-corrected chi connectivity index (χ2v) is 8.13. The first-order chi connectivity index (χ1) is 15.6. The molecule has 0 saturated heterocycles. The first kappa shape index (κ1) is 21.7. The zero-order chi connectivity index (χ0) is 22.3. The fraction of sp³-hybridized carbons (Fsp3) is 0.0870. The summed E-state index contributed by atoms with van der Waals surface area (Å²) >= 11 is 7.34. The molecule has 1 amide bonds. The van der Waals surface area contributed by atoms with Crippen LogP contribution in [0.25, 0.3) is 17.1 Å². The molecule has 0 aliphatic heterocycles. The van der Waals surface area contributed by atoms with Gasteiger partial charge in [-0.25, -0.2) is 5.43 Å².